The minimum atomic E-state index is -0.372. The molecule has 6 heteroatoms. The molecule has 0 saturated heterocycles. The number of hydrogen-bond donors (Lipinski definition) is 2. The van der Waals surface area contributed by atoms with Crippen molar-refractivity contribution >= 4 is 29.1 Å². The summed E-state index contributed by atoms with van der Waals surface area (Å²) in [6.07, 6.45) is 0. The predicted octanol–water partition coefficient (Wildman–Crippen LogP) is 2.47. The molecule has 17 heavy (non-hydrogen) atoms. The van der Waals surface area contributed by atoms with Crippen LogP contribution in [0.25, 0.3) is 0 Å². The van der Waals surface area contributed by atoms with E-state index >= 15 is 0 Å². The Balaban J connectivity index is 2.23. The van der Waals surface area contributed by atoms with E-state index in [9.17, 15) is 4.79 Å². The minimum absolute atomic E-state index is 0.00188. The van der Waals surface area contributed by atoms with Gasteiger partial charge in [-0.15, -0.1) is 0 Å². The Morgan fingerprint density at radius 1 is 1.53 bits per heavy atom. The van der Waals surface area contributed by atoms with Crippen LogP contribution in [-0.2, 0) is 0 Å². The van der Waals surface area contributed by atoms with Crippen molar-refractivity contribution in [2.45, 2.75) is 6.92 Å². The minimum Gasteiger partial charge on any atom is -0.367 e. The van der Waals surface area contributed by atoms with Crippen molar-refractivity contribution in [1.82, 2.24) is 5.16 Å². The van der Waals surface area contributed by atoms with Gasteiger partial charge < -0.3 is 15.6 Å². The fourth-order valence-corrected chi connectivity index (χ4v) is 1.61. The highest BCUT2D eigenvalue weighted by molar-refractivity contribution is 6.31. The van der Waals surface area contributed by atoms with Gasteiger partial charge in [0.15, 0.2) is 0 Å². The average molecular weight is 252 g/mol. The van der Waals surface area contributed by atoms with Crippen molar-refractivity contribution in [1.29, 1.82) is 0 Å². The first kappa shape index (κ1) is 11.5. The van der Waals surface area contributed by atoms with E-state index < -0.39 is 0 Å². The molecule has 88 valence electrons. The number of carbonyl (C=O) groups is 1. The highest BCUT2D eigenvalue weighted by atomic mass is 35.5. The van der Waals surface area contributed by atoms with Crippen LogP contribution in [0.15, 0.2) is 28.8 Å². The number of nitrogens with two attached hydrogens (primary N) is 1. The third kappa shape index (κ3) is 2.39. The predicted molar refractivity (Wildman–Crippen MR) is 65.1 cm³/mol. The average Bonchev–Trinajstić information content (AvgIpc) is 2.58. The van der Waals surface area contributed by atoms with Crippen LogP contribution in [0.5, 0.6) is 0 Å². The van der Waals surface area contributed by atoms with Gasteiger partial charge in [-0.25, -0.2) is 0 Å². The lowest BCUT2D eigenvalue weighted by atomic mass is 10.2. The summed E-state index contributed by atoms with van der Waals surface area (Å²) in [4.78, 5) is 11.9. The molecule has 0 atom stereocenters. The van der Waals surface area contributed by atoms with Crippen LogP contribution in [0.1, 0.15) is 16.1 Å². The van der Waals surface area contributed by atoms with Gasteiger partial charge in [0.25, 0.3) is 5.91 Å². The molecule has 0 spiro atoms. The zero-order valence-corrected chi connectivity index (χ0v) is 9.78. The molecule has 1 heterocycles. The van der Waals surface area contributed by atoms with E-state index in [0.717, 1.165) is 0 Å². The fourth-order valence-electron chi connectivity index (χ4n) is 1.42. The van der Waals surface area contributed by atoms with Gasteiger partial charge in [-0.2, -0.15) is 0 Å². The van der Waals surface area contributed by atoms with Crippen LogP contribution >= 0.6 is 11.6 Å². The van der Waals surface area contributed by atoms with E-state index in [1.54, 1.807) is 31.2 Å². The number of carbonyl (C=O) groups excluding carboxylic acids is 1. The maximum Gasteiger partial charge on any atom is 0.263 e. The summed E-state index contributed by atoms with van der Waals surface area (Å²) in [6.45, 7) is 1.65. The molecule has 0 aliphatic carbocycles. The van der Waals surface area contributed by atoms with E-state index in [1.807, 2.05) is 0 Å². The summed E-state index contributed by atoms with van der Waals surface area (Å²) in [6, 6.07) is 6.82. The summed E-state index contributed by atoms with van der Waals surface area (Å²) in [5.74, 6) is -0.370. The third-order valence-corrected chi connectivity index (χ3v) is 2.43. The summed E-state index contributed by atoms with van der Waals surface area (Å²) < 4.78 is 4.72. The number of nitrogen functional groups attached to an aromatic ring is 1. The molecule has 0 radical (unpaired) electrons. The van der Waals surface area contributed by atoms with E-state index in [0.29, 0.717) is 16.4 Å². The third-order valence-electron chi connectivity index (χ3n) is 2.20. The maximum atomic E-state index is 11.9. The van der Waals surface area contributed by atoms with E-state index in [4.69, 9.17) is 21.9 Å². The summed E-state index contributed by atoms with van der Waals surface area (Å²) in [7, 11) is 0. The first-order chi connectivity index (χ1) is 8.08. The molecular weight excluding hydrogens is 242 g/mol. The molecule has 0 fully saturated rings. The molecular formula is C11H10ClN3O2. The number of benzene rings is 1. The zero-order chi connectivity index (χ0) is 12.4. The Kier molecular flexibility index (Phi) is 3.01. The van der Waals surface area contributed by atoms with Crippen molar-refractivity contribution in [2.24, 2.45) is 0 Å². The molecule has 0 aliphatic rings. The number of nitrogens with zero attached hydrogens (tertiary/aromatic N) is 1. The van der Waals surface area contributed by atoms with Crippen LogP contribution in [0, 0.1) is 6.92 Å². The lowest BCUT2D eigenvalue weighted by Crippen LogP contribution is -2.14. The Bertz CT molecular complexity index is 546. The smallest absolute Gasteiger partial charge is 0.263 e. The Hall–Kier alpha value is -2.01. The van der Waals surface area contributed by atoms with Crippen LogP contribution in [0.2, 0.25) is 5.02 Å². The largest absolute Gasteiger partial charge is 0.367 e. The molecule has 0 unspecified atom stereocenters. The topological polar surface area (TPSA) is 81.2 Å². The standard InChI is InChI=1S/C11H10ClN3O2/c1-6-9(10(13)17-15-6)11(16)14-8-4-2-3-7(12)5-8/h2-5H,13H2,1H3,(H,14,16). The van der Waals surface area contributed by atoms with Crippen LogP contribution in [-0.4, -0.2) is 11.1 Å². The molecule has 2 rings (SSSR count). The molecule has 1 aromatic carbocycles. The molecule has 0 aliphatic heterocycles. The molecule has 1 amide bonds. The number of rotatable bonds is 2. The van der Waals surface area contributed by atoms with Gasteiger partial charge in [-0.05, 0) is 25.1 Å². The van der Waals surface area contributed by atoms with Crippen molar-refractivity contribution in [3.05, 3.63) is 40.5 Å². The van der Waals surface area contributed by atoms with Crippen LogP contribution < -0.4 is 11.1 Å². The number of anilines is 2. The Labute approximate surface area is 103 Å². The molecule has 5 nitrogen and oxygen atoms in total. The SMILES string of the molecule is Cc1noc(N)c1C(=O)Nc1cccc(Cl)c1. The van der Waals surface area contributed by atoms with Crippen molar-refractivity contribution in [3.63, 3.8) is 0 Å². The van der Waals surface area contributed by atoms with Gasteiger partial charge in [0, 0.05) is 10.7 Å². The fraction of sp³-hybridized carbons (Fsp3) is 0.0909. The van der Waals surface area contributed by atoms with Gasteiger partial charge in [0.05, 0.1) is 5.69 Å². The zero-order valence-electron chi connectivity index (χ0n) is 9.03. The van der Waals surface area contributed by atoms with Crippen LogP contribution in [0.3, 0.4) is 0 Å². The second-order valence-electron chi connectivity index (χ2n) is 3.47. The number of aryl methyl sites for hydroxylation is 1. The summed E-state index contributed by atoms with van der Waals surface area (Å²) in [5.41, 5.74) is 6.78. The normalized spacial score (nSPS) is 10.2. The highest BCUT2D eigenvalue weighted by Gasteiger charge is 2.18. The Morgan fingerprint density at radius 3 is 2.88 bits per heavy atom. The maximum absolute atomic E-state index is 11.9. The van der Waals surface area contributed by atoms with Gasteiger partial charge in [-0.3, -0.25) is 4.79 Å². The molecule has 0 bridgehead atoms. The van der Waals surface area contributed by atoms with Gasteiger partial charge in [0.1, 0.15) is 5.56 Å². The van der Waals surface area contributed by atoms with Gasteiger partial charge in [0.2, 0.25) is 5.88 Å². The summed E-state index contributed by atoms with van der Waals surface area (Å²) in [5, 5.41) is 6.81. The lowest BCUT2D eigenvalue weighted by Gasteiger charge is -2.04. The monoisotopic (exact) mass is 251 g/mol. The van der Waals surface area contributed by atoms with E-state index in [2.05, 4.69) is 10.5 Å². The molecule has 2 aromatic rings. The first-order valence-electron chi connectivity index (χ1n) is 4.86. The quantitative estimate of drug-likeness (QED) is 0.859. The van der Waals surface area contributed by atoms with E-state index in [1.165, 1.54) is 0 Å². The summed E-state index contributed by atoms with van der Waals surface area (Å²) >= 11 is 5.81. The second-order valence-corrected chi connectivity index (χ2v) is 3.91. The van der Waals surface area contributed by atoms with Crippen molar-refractivity contribution < 1.29 is 9.32 Å². The van der Waals surface area contributed by atoms with Crippen molar-refractivity contribution in [3.8, 4) is 0 Å². The number of hydrogen-bond acceptors (Lipinski definition) is 4. The number of aromatic nitrogens is 1. The second kappa shape index (κ2) is 4.47. The molecule has 0 saturated carbocycles. The number of amides is 1. The highest BCUT2D eigenvalue weighted by Crippen LogP contribution is 2.19. The first-order valence-corrected chi connectivity index (χ1v) is 5.24. The van der Waals surface area contributed by atoms with Crippen LogP contribution in [0.4, 0.5) is 11.6 Å². The van der Waals surface area contributed by atoms with E-state index in [-0.39, 0.29) is 17.4 Å². The number of halogens is 1. The van der Waals surface area contributed by atoms with Gasteiger partial charge in [-0.1, -0.05) is 22.8 Å². The van der Waals surface area contributed by atoms with Gasteiger partial charge >= 0.3 is 0 Å². The molecule has 3 N–H and O–H groups in total. The Morgan fingerprint density at radius 2 is 2.29 bits per heavy atom. The number of nitrogens with one attached hydrogen (secondary N) is 1. The van der Waals surface area contributed by atoms with Crippen molar-refractivity contribution in [2.75, 3.05) is 11.1 Å². The lowest BCUT2D eigenvalue weighted by molar-refractivity contribution is 0.102. The molecule has 1 aromatic heterocycles.